The Hall–Kier alpha value is -2.76. The van der Waals surface area contributed by atoms with Crippen LogP contribution in [0.3, 0.4) is 0 Å². The van der Waals surface area contributed by atoms with Gasteiger partial charge in [0.2, 0.25) is 5.91 Å². The molecule has 3 amide bonds. The van der Waals surface area contributed by atoms with Gasteiger partial charge in [0.25, 0.3) is 5.56 Å². The minimum absolute atomic E-state index is 0.0376. The van der Waals surface area contributed by atoms with Crippen LogP contribution in [-0.4, -0.2) is 41.0 Å². The quantitative estimate of drug-likeness (QED) is 0.411. The number of hydrogen-bond acceptors (Lipinski definition) is 7. The van der Waals surface area contributed by atoms with E-state index >= 15 is 0 Å². The molecule has 31 heavy (non-hydrogen) atoms. The summed E-state index contributed by atoms with van der Waals surface area (Å²) in [6.07, 6.45) is 0. The molecule has 0 aliphatic carbocycles. The summed E-state index contributed by atoms with van der Waals surface area (Å²) in [5.74, 6) is -1.37. The summed E-state index contributed by atoms with van der Waals surface area (Å²) in [5.41, 5.74) is 0.663. The molecule has 0 saturated carbocycles. The number of thiophene rings is 1. The van der Waals surface area contributed by atoms with Crippen LogP contribution in [0.4, 0.5) is 14.9 Å². The van der Waals surface area contributed by atoms with Crippen molar-refractivity contribution in [3.05, 3.63) is 50.9 Å². The molecule has 0 aliphatic rings. The van der Waals surface area contributed by atoms with Crippen LogP contribution in [0.1, 0.15) is 10.4 Å². The standard InChI is InChI=1S/C20H21FN4O4S2/c1-11-12(2)31-17-16(11)18(27)25(8-9-29-3)20(24-17)30-10-15(26)23-19(28)22-14-7-5-4-6-13(14)21/h4-7H,8-10H2,1-3H3,(H2,22,23,26,28). The van der Waals surface area contributed by atoms with Gasteiger partial charge in [0.1, 0.15) is 10.6 Å². The normalized spacial score (nSPS) is 11.0. The predicted octanol–water partition coefficient (Wildman–Crippen LogP) is 3.30. The van der Waals surface area contributed by atoms with Gasteiger partial charge in [-0.1, -0.05) is 23.9 Å². The third-order valence-corrected chi connectivity index (χ3v) is 6.56. The van der Waals surface area contributed by atoms with Gasteiger partial charge in [0, 0.05) is 12.0 Å². The Balaban J connectivity index is 1.73. The van der Waals surface area contributed by atoms with Crippen molar-refractivity contribution in [2.75, 3.05) is 24.8 Å². The number of thioether (sulfide) groups is 1. The van der Waals surface area contributed by atoms with Gasteiger partial charge in [-0.15, -0.1) is 11.3 Å². The summed E-state index contributed by atoms with van der Waals surface area (Å²) in [6.45, 7) is 4.39. The van der Waals surface area contributed by atoms with Gasteiger partial charge in [0.15, 0.2) is 5.16 Å². The molecule has 0 saturated heterocycles. The molecule has 1 aromatic carbocycles. The number of aryl methyl sites for hydroxylation is 2. The minimum Gasteiger partial charge on any atom is -0.383 e. The average Bonchev–Trinajstić information content (AvgIpc) is 3.01. The summed E-state index contributed by atoms with van der Waals surface area (Å²) in [7, 11) is 1.53. The number of urea groups is 1. The van der Waals surface area contributed by atoms with Crippen molar-refractivity contribution in [2.24, 2.45) is 0 Å². The second-order valence-electron chi connectivity index (χ2n) is 6.58. The van der Waals surface area contributed by atoms with Gasteiger partial charge in [-0.25, -0.2) is 14.2 Å². The Bertz CT molecular complexity index is 1190. The molecule has 11 heteroatoms. The first-order valence-corrected chi connectivity index (χ1v) is 11.1. The SMILES string of the molecule is COCCn1c(SCC(=O)NC(=O)Nc2ccccc2F)nc2sc(C)c(C)c2c1=O. The molecular weight excluding hydrogens is 443 g/mol. The summed E-state index contributed by atoms with van der Waals surface area (Å²) in [6, 6.07) is 4.78. The van der Waals surface area contributed by atoms with Crippen molar-refractivity contribution < 1.29 is 18.7 Å². The van der Waals surface area contributed by atoms with Crippen LogP contribution in [0.25, 0.3) is 10.2 Å². The fourth-order valence-electron chi connectivity index (χ4n) is 2.81. The van der Waals surface area contributed by atoms with Gasteiger partial charge in [-0.2, -0.15) is 0 Å². The highest BCUT2D eigenvalue weighted by Gasteiger charge is 2.18. The van der Waals surface area contributed by atoms with Crippen LogP contribution < -0.4 is 16.2 Å². The van der Waals surface area contributed by atoms with Crippen LogP contribution in [0.2, 0.25) is 0 Å². The van der Waals surface area contributed by atoms with Crippen molar-refractivity contribution in [1.29, 1.82) is 0 Å². The molecule has 0 atom stereocenters. The largest absolute Gasteiger partial charge is 0.383 e. The predicted molar refractivity (Wildman–Crippen MR) is 120 cm³/mol. The molecule has 2 heterocycles. The van der Waals surface area contributed by atoms with Gasteiger partial charge in [-0.3, -0.25) is 19.5 Å². The minimum atomic E-state index is -0.847. The van der Waals surface area contributed by atoms with E-state index in [0.29, 0.717) is 22.0 Å². The monoisotopic (exact) mass is 464 g/mol. The number of halogens is 1. The summed E-state index contributed by atoms with van der Waals surface area (Å²) in [4.78, 5) is 43.3. The first-order chi connectivity index (χ1) is 14.8. The molecule has 2 aromatic heterocycles. The zero-order valence-electron chi connectivity index (χ0n) is 17.2. The number of aromatic nitrogens is 2. The van der Waals surface area contributed by atoms with Crippen LogP contribution >= 0.6 is 23.1 Å². The first-order valence-electron chi connectivity index (χ1n) is 9.29. The lowest BCUT2D eigenvalue weighted by Crippen LogP contribution is -2.36. The molecule has 8 nitrogen and oxygen atoms in total. The van der Waals surface area contributed by atoms with E-state index in [9.17, 15) is 18.8 Å². The number of rotatable bonds is 7. The molecule has 0 unspecified atom stereocenters. The molecule has 0 radical (unpaired) electrons. The van der Waals surface area contributed by atoms with Gasteiger partial charge >= 0.3 is 6.03 Å². The summed E-state index contributed by atoms with van der Waals surface area (Å²) >= 11 is 2.46. The summed E-state index contributed by atoms with van der Waals surface area (Å²) < 4.78 is 20.2. The number of methoxy groups -OCH3 is 1. The smallest absolute Gasteiger partial charge is 0.325 e. The van der Waals surface area contributed by atoms with E-state index in [0.717, 1.165) is 22.2 Å². The maximum absolute atomic E-state index is 13.6. The number of anilines is 1. The molecule has 3 rings (SSSR count). The van der Waals surface area contributed by atoms with E-state index in [1.54, 1.807) is 6.07 Å². The Morgan fingerprint density at radius 1 is 1.29 bits per heavy atom. The molecule has 2 N–H and O–H groups in total. The summed E-state index contributed by atoms with van der Waals surface area (Å²) in [5, 5.41) is 5.35. The van der Waals surface area contributed by atoms with E-state index in [-0.39, 0.29) is 23.5 Å². The Kier molecular flexibility index (Phi) is 7.42. The molecule has 0 spiro atoms. The number of hydrogen-bond donors (Lipinski definition) is 2. The van der Waals surface area contributed by atoms with E-state index in [2.05, 4.69) is 15.6 Å². The molecule has 0 fully saturated rings. The Labute approximate surface area is 185 Å². The number of nitrogens with one attached hydrogen (secondary N) is 2. The lowest BCUT2D eigenvalue weighted by atomic mass is 10.2. The molecule has 164 valence electrons. The number of amides is 3. The molecule has 0 bridgehead atoms. The van der Waals surface area contributed by atoms with Crippen molar-refractivity contribution in [3.63, 3.8) is 0 Å². The average molecular weight is 465 g/mol. The van der Waals surface area contributed by atoms with Gasteiger partial charge in [-0.05, 0) is 31.5 Å². The highest BCUT2D eigenvalue weighted by atomic mass is 32.2. The highest BCUT2D eigenvalue weighted by molar-refractivity contribution is 7.99. The number of fused-ring (bicyclic) bond motifs is 1. The number of para-hydroxylation sites is 1. The Morgan fingerprint density at radius 3 is 2.74 bits per heavy atom. The topological polar surface area (TPSA) is 102 Å². The van der Waals surface area contributed by atoms with Crippen LogP contribution in [0, 0.1) is 19.7 Å². The number of imide groups is 1. The van der Waals surface area contributed by atoms with E-state index in [4.69, 9.17) is 4.74 Å². The number of carbonyl (C=O) groups excluding carboxylic acids is 2. The molecular formula is C20H21FN4O4S2. The number of benzene rings is 1. The second-order valence-corrected chi connectivity index (χ2v) is 8.72. The van der Waals surface area contributed by atoms with Crippen molar-refractivity contribution in [1.82, 2.24) is 14.9 Å². The number of nitrogens with zero attached hydrogens (tertiary/aromatic N) is 2. The maximum atomic E-state index is 13.6. The van der Waals surface area contributed by atoms with Gasteiger partial charge < -0.3 is 10.1 Å². The van der Waals surface area contributed by atoms with E-state index < -0.39 is 17.8 Å². The molecule has 3 aromatic rings. The van der Waals surface area contributed by atoms with Crippen LogP contribution in [0.15, 0.2) is 34.2 Å². The lowest BCUT2D eigenvalue weighted by Gasteiger charge is -2.12. The fourth-order valence-corrected chi connectivity index (χ4v) is 4.70. The maximum Gasteiger partial charge on any atom is 0.325 e. The highest BCUT2D eigenvalue weighted by Crippen LogP contribution is 2.28. The van der Waals surface area contributed by atoms with E-state index in [1.807, 2.05) is 13.8 Å². The van der Waals surface area contributed by atoms with Crippen molar-refractivity contribution in [2.45, 2.75) is 25.5 Å². The fraction of sp³-hybridized carbons (Fsp3) is 0.300. The third-order valence-electron chi connectivity index (χ3n) is 4.48. The van der Waals surface area contributed by atoms with E-state index in [1.165, 1.54) is 41.2 Å². The number of carbonyl (C=O) groups is 2. The zero-order chi connectivity index (χ0) is 22.5. The molecule has 0 aliphatic heterocycles. The third kappa shape index (κ3) is 5.30. The van der Waals surface area contributed by atoms with Gasteiger partial charge in [0.05, 0.1) is 30.0 Å². The van der Waals surface area contributed by atoms with Crippen LogP contribution in [0.5, 0.6) is 0 Å². The first kappa shape index (κ1) is 22.9. The van der Waals surface area contributed by atoms with Crippen LogP contribution in [-0.2, 0) is 16.1 Å². The van der Waals surface area contributed by atoms with Crippen molar-refractivity contribution in [3.8, 4) is 0 Å². The zero-order valence-corrected chi connectivity index (χ0v) is 18.8. The number of ether oxygens (including phenoxy) is 1. The van der Waals surface area contributed by atoms with Crippen molar-refractivity contribution >= 4 is 50.9 Å². The Morgan fingerprint density at radius 2 is 2.03 bits per heavy atom. The second kappa shape index (κ2) is 10.0. The lowest BCUT2D eigenvalue weighted by molar-refractivity contribution is -0.117.